The SMILES string of the molecule is O=S(=O)(c1ccc2c(c1)OCO2)N1CCc2cc(Cl)ccc21. The molecular formula is C15H12ClNO4S. The zero-order chi connectivity index (χ0) is 15.3. The van der Waals surface area contributed by atoms with Crippen LogP contribution in [-0.2, 0) is 16.4 Å². The van der Waals surface area contributed by atoms with Crippen molar-refractivity contribution < 1.29 is 17.9 Å². The van der Waals surface area contributed by atoms with Crippen LogP contribution in [0.4, 0.5) is 5.69 Å². The van der Waals surface area contributed by atoms with Crippen molar-refractivity contribution in [3.63, 3.8) is 0 Å². The van der Waals surface area contributed by atoms with E-state index in [4.69, 9.17) is 21.1 Å². The van der Waals surface area contributed by atoms with Gasteiger partial charge >= 0.3 is 0 Å². The van der Waals surface area contributed by atoms with Gasteiger partial charge in [-0.3, -0.25) is 4.31 Å². The van der Waals surface area contributed by atoms with Gasteiger partial charge in [-0.25, -0.2) is 8.42 Å². The molecule has 0 spiro atoms. The standard InChI is InChI=1S/C15H12ClNO4S/c16-11-1-3-13-10(7-11)5-6-17(13)22(18,19)12-2-4-14-15(8-12)21-9-20-14/h1-4,7-8H,5-6,9H2. The van der Waals surface area contributed by atoms with Gasteiger partial charge in [-0.05, 0) is 42.3 Å². The predicted molar refractivity (Wildman–Crippen MR) is 82.3 cm³/mol. The molecule has 2 heterocycles. The van der Waals surface area contributed by atoms with Crippen LogP contribution in [0.1, 0.15) is 5.56 Å². The summed E-state index contributed by atoms with van der Waals surface area (Å²) in [5.74, 6) is 1.02. The normalized spacial score (nSPS) is 16.0. The van der Waals surface area contributed by atoms with E-state index in [1.807, 2.05) is 6.07 Å². The molecule has 0 unspecified atom stereocenters. The summed E-state index contributed by atoms with van der Waals surface area (Å²) in [7, 11) is -3.63. The largest absolute Gasteiger partial charge is 0.454 e. The first-order chi connectivity index (χ1) is 10.6. The number of ether oxygens (including phenoxy) is 2. The lowest BCUT2D eigenvalue weighted by Crippen LogP contribution is -2.29. The van der Waals surface area contributed by atoms with Gasteiger partial charge in [0.25, 0.3) is 10.0 Å². The third kappa shape index (κ3) is 2.02. The highest BCUT2D eigenvalue weighted by Crippen LogP contribution is 2.38. The molecule has 4 rings (SSSR count). The van der Waals surface area contributed by atoms with E-state index in [1.165, 1.54) is 16.4 Å². The number of sulfonamides is 1. The molecule has 7 heteroatoms. The van der Waals surface area contributed by atoms with Crippen LogP contribution >= 0.6 is 11.6 Å². The van der Waals surface area contributed by atoms with Crippen LogP contribution in [0.3, 0.4) is 0 Å². The van der Waals surface area contributed by atoms with Crippen molar-refractivity contribution in [1.29, 1.82) is 0 Å². The summed E-state index contributed by atoms with van der Waals surface area (Å²) in [6.45, 7) is 0.524. The maximum absolute atomic E-state index is 12.9. The van der Waals surface area contributed by atoms with Gasteiger partial charge in [-0.2, -0.15) is 0 Å². The van der Waals surface area contributed by atoms with Crippen LogP contribution in [0, 0.1) is 0 Å². The lowest BCUT2D eigenvalue weighted by Gasteiger charge is -2.19. The zero-order valence-electron chi connectivity index (χ0n) is 11.5. The van der Waals surface area contributed by atoms with Crippen molar-refractivity contribution in [3.8, 4) is 11.5 Å². The Morgan fingerprint density at radius 1 is 1.05 bits per heavy atom. The summed E-state index contributed by atoms with van der Waals surface area (Å²) in [5.41, 5.74) is 1.62. The van der Waals surface area contributed by atoms with E-state index in [-0.39, 0.29) is 11.7 Å². The molecule has 0 atom stereocenters. The van der Waals surface area contributed by atoms with Gasteiger partial charge < -0.3 is 9.47 Å². The smallest absolute Gasteiger partial charge is 0.264 e. The Bertz CT molecular complexity index is 866. The lowest BCUT2D eigenvalue weighted by molar-refractivity contribution is 0.174. The van der Waals surface area contributed by atoms with E-state index in [2.05, 4.69) is 0 Å². The first kappa shape index (κ1) is 13.7. The quantitative estimate of drug-likeness (QED) is 0.845. The summed E-state index contributed by atoms with van der Waals surface area (Å²) in [6.07, 6.45) is 0.652. The molecular weight excluding hydrogens is 326 g/mol. The molecule has 0 aliphatic carbocycles. The summed E-state index contributed by atoms with van der Waals surface area (Å²) in [6, 6.07) is 9.92. The summed E-state index contributed by atoms with van der Waals surface area (Å²) in [4.78, 5) is 0.194. The highest BCUT2D eigenvalue weighted by atomic mass is 35.5. The van der Waals surface area contributed by atoms with Gasteiger partial charge in [0.15, 0.2) is 11.5 Å². The fraction of sp³-hybridized carbons (Fsp3) is 0.200. The summed E-state index contributed by atoms with van der Waals surface area (Å²) in [5, 5.41) is 0.612. The van der Waals surface area contributed by atoms with E-state index in [0.717, 1.165) is 5.56 Å². The Hall–Kier alpha value is -1.92. The van der Waals surface area contributed by atoms with E-state index in [9.17, 15) is 8.42 Å². The Balaban J connectivity index is 1.77. The zero-order valence-corrected chi connectivity index (χ0v) is 13.0. The number of hydrogen-bond acceptors (Lipinski definition) is 4. The molecule has 2 aliphatic rings. The van der Waals surface area contributed by atoms with Crippen LogP contribution in [0.2, 0.25) is 5.02 Å². The van der Waals surface area contributed by atoms with E-state index in [0.29, 0.717) is 35.2 Å². The van der Waals surface area contributed by atoms with Crippen LogP contribution < -0.4 is 13.8 Å². The molecule has 0 saturated heterocycles. The Morgan fingerprint density at radius 2 is 1.86 bits per heavy atom. The minimum atomic E-state index is -3.63. The molecule has 0 N–H and O–H groups in total. The second-order valence-corrected chi connectivity index (χ2v) is 7.41. The maximum Gasteiger partial charge on any atom is 0.264 e. The second kappa shape index (κ2) is 4.79. The summed E-state index contributed by atoms with van der Waals surface area (Å²) >= 11 is 5.97. The fourth-order valence-electron chi connectivity index (χ4n) is 2.75. The minimum absolute atomic E-state index is 0.115. The van der Waals surface area contributed by atoms with Crippen LogP contribution in [0.15, 0.2) is 41.3 Å². The fourth-order valence-corrected chi connectivity index (χ4v) is 4.47. The van der Waals surface area contributed by atoms with Crippen molar-refractivity contribution in [2.75, 3.05) is 17.6 Å². The molecule has 0 bridgehead atoms. The van der Waals surface area contributed by atoms with Gasteiger partial charge in [0, 0.05) is 17.6 Å². The van der Waals surface area contributed by atoms with E-state index < -0.39 is 10.0 Å². The minimum Gasteiger partial charge on any atom is -0.454 e. The molecule has 2 aromatic rings. The second-order valence-electron chi connectivity index (χ2n) is 5.12. The molecule has 2 aliphatic heterocycles. The lowest BCUT2D eigenvalue weighted by atomic mass is 10.2. The average molecular weight is 338 g/mol. The molecule has 2 aromatic carbocycles. The van der Waals surface area contributed by atoms with Crippen molar-refractivity contribution in [2.24, 2.45) is 0 Å². The number of hydrogen-bond donors (Lipinski definition) is 0. The van der Waals surface area contributed by atoms with E-state index >= 15 is 0 Å². The molecule has 0 fully saturated rings. The van der Waals surface area contributed by atoms with Crippen molar-refractivity contribution in [2.45, 2.75) is 11.3 Å². The topological polar surface area (TPSA) is 55.8 Å². The monoisotopic (exact) mass is 337 g/mol. The number of benzene rings is 2. The number of halogens is 1. The van der Waals surface area contributed by atoms with Crippen molar-refractivity contribution >= 4 is 27.3 Å². The maximum atomic E-state index is 12.9. The highest BCUT2D eigenvalue weighted by molar-refractivity contribution is 7.92. The van der Waals surface area contributed by atoms with Crippen molar-refractivity contribution in [3.05, 3.63) is 47.0 Å². The molecule has 114 valence electrons. The first-order valence-corrected chi connectivity index (χ1v) is 8.58. The van der Waals surface area contributed by atoms with Gasteiger partial charge in [0.2, 0.25) is 6.79 Å². The Morgan fingerprint density at radius 3 is 2.73 bits per heavy atom. The number of anilines is 1. The van der Waals surface area contributed by atoms with Gasteiger partial charge in [-0.1, -0.05) is 11.6 Å². The molecule has 0 amide bonds. The molecule has 22 heavy (non-hydrogen) atoms. The Labute approximate surface area is 133 Å². The molecule has 0 aromatic heterocycles. The first-order valence-electron chi connectivity index (χ1n) is 6.76. The number of fused-ring (bicyclic) bond motifs is 2. The average Bonchev–Trinajstić information content (AvgIpc) is 3.12. The van der Waals surface area contributed by atoms with Crippen molar-refractivity contribution in [1.82, 2.24) is 0 Å². The third-order valence-electron chi connectivity index (χ3n) is 3.83. The van der Waals surface area contributed by atoms with Gasteiger partial charge in [0.1, 0.15) is 0 Å². The van der Waals surface area contributed by atoms with Crippen LogP contribution in [0.5, 0.6) is 11.5 Å². The molecule has 5 nitrogen and oxygen atoms in total. The van der Waals surface area contributed by atoms with Gasteiger partial charge in [-0.15, -0.1) is 0 Å². The van der Waals surface area contributed by atoms with Gasteiger partial charge in [0.05, 0.1) is 10.6 Å². The number of rotatable bonds is 2. The highest BCUT2D eigenvalue weighted by Gasteiger charge is 2.32. The van der Waals surface area contributed by atoms with E-state index in [1.54, 1.807) is 18.2 Å². The van der Waals surface area contributed by atoms with Crippen LogP contribution in [-0.4, -0.2) is 21.8 Å². The molecule has 0 radical (unpaired) electrons. The number of nitrogens with zero attached hydrogens (tertiary/aromatic N) is 1. The predicted octanol–water partition coefficient (Wildman–Crippen LogP) is 2.82. The summed E-state index contributed by atoms with van der Waals surface area (Å²) < 4.78 is 37.6. The molecule has 0 saturated carbocycles. The van der Waals surface area contributed by atoms with Crippen LogP contribution in [0.25, 0.3) is 0 Å². The Kier molecular flexibility index (Phi) is 2.99. The third-order valence-corrected chi connectivity index (χ3v) is 5.87.